The van der Waals surface area contributed by atoms with Crippen LogP contribution >= 0.6 is 0 Å². The highest BCUT2D eigenvalue weighted by atomic mass is 19.1. The number of ketones is 1. The fourth-order valence-corrected chi connectivity index (χ4v) is 1.94. The Morgan fingerprint density at radius 2 is 2.29 bits per heavy atom. The zero-order chi connectivity index (χ0) is 12.3. The molecule has 0 heterocycles. The third-order valence-corrected chi connectivity index (χ3v) is 2.80. The van der Waals surface area contributed by atoms with E-state index in [4.69, 9.17) is 10.00 Å². The Bertz CT molecular complexity index is 479. The number of benzene rings is 1. The summed E-state index contributed by atoms with van der Waals surface area (Å²) in [5.41, 5.74) is -0.00271. The van der Waals surface area contributed by atoms with E-state index in [-0.39, 0.29) is 17.5 Å². The summed E-state index contributed by atoms with van der Waals surface area (Å²) in [6, 6.07) is 5.88. The quantitative estimate of drug-likeness (QED) is 0.788. The predicted octanol–water partition coefficient (Wildman–Crippen LogP) is 2.59. The van der Waals surface area contributed by atoms with E-state index < -0.39 is 5.82 Å². The first kappa shape index (κ1) is 11.6. The van der Waals surface area contributed by atoms with Crippen LogP contribution < -0.4 is 4.74 Å². The maximum Gasteiger partial charge on any atom is 0.144 e. The number of hydrogen-bond donors (Lipinski definition) is 0. The predicted molar refractivity (Wildman–Crippen MR) is 59.0 cm³/mol. The van der Waals surface area contributed by atoms with Crippen LogP contribution in [0.15, 0.2) is 18.2 Å². The van der Waals surface area contributed by atoms with Crippen molar-refractivity contribution in [2.24, 2.45) is 0 Å². The zero-order valence-electron chi connectivity index (χ0n) is 9.28. The lowest BCUT2D eigenvalue weighted by molar-refractivity contribution is -0.122. The molecule has 88 valence electrons. The van der Waals surface area contributed by atoms with Crippen molar-refractivity contribution in [1.29, 1.82) is 5.26 Å². The lowest BCUT2D eigenvalue weighted by Crippen LogP contribution is -2.25. The zero-order valence-corrected chi connectivity index (χ0v) is 9.28. The summed E-state index contributed by atoms with van der Waals surface area (Å²) in [4.78, 5) is 11.2. The fraction of sp³-hybridized carbons (Fsp3) is 0.385. The van der Waals surface area contributed by atoms with Crippen LogP contribution in [0.2, 0.25) is 0 Å². The Labute approximate surface area is 98.8 Å². The molecule has 0 radical (unpaired) electrons. The molecule has 1 fully saturated rings. The molecule has 0 spiro atoms. The monoisotopic (exact) mass is 233 g/mol. The molecule has 3 nitrogen and oxygen atoms in total. The molecule has 0 saturated heterocycles. The molecule has 0 bridgehead atoms. The van der Waals surface area contributed by atoms with Gasteiger partial charge in [-0.15, -0.1) is 0 Å². The van der Waals surface area contributed by atoms with Crippen LogP contribution in [0.25, 0.3) is 0 Å². The van der Waals surface area contributed by atoms with Gasteiger partial charge in [0, 0.05) is 18.9 Å². The number of nitriles is 1. The Kier molecular flexibility index (Phi) is 3.38. The summed E-state index contributed by atoms with van der Waals surface area (Å²) in [7, 11) is 0. The number of ether oxygens (including phenoxy) is 1. The lowest BCUT2D eigenvalue weighted by Gasteiger charge is -2.22. The number of hydrogen-bond acceptors (Lipinski definition) is 3. The van der Waals surface area contributed by atoms with E-state index >= 15 is 0 Å². The molecule has 4 heteroatoms. The van der Waals surface area contributed by atoms with E-state index in [2.05, 4.69) is 0 Å². The molecule has 1 unspecified atom stereocenters. The molecule has 0 N–H and O–H groups in total. The molecular weight excluding hydrogens is 221 g/mol. The third-order valence-electron chi connectivity index (χ3n) is 2.80. The molecule has 1 aliphatic rings. The van der Waals surface area contributed by atoms with Crippen LogP contribution in [0.4, 0.5) is 4.39 Å². The van der Waals surface area contributed by atoms with E-state index in [0.29, 0.717) is 18.6 Å². The molecule has 1 atom stereocenters. The van der Waals surface area contributed by atoms with Gasteiger partial charge < -0.3 is 4.74 Å². The Balaban J connectivity index is 2.06. The van der Waals surface area contributed by atoms with Gasteiger partial charge >= 0.3 is 0 Å². The largest absolute Gasteiger partial charge is 0.490 e. The van der Waals surface area contributed by atoms with Crippen molar-refractivity contribution in [1.82, 2.24) is 0 Å². The summed E-state index contributed by atoms with van der Waals surface area (Å²) in [6.45, 7) is 0. The minimum absolute atomic E-state index is 0.00271. The first-order valence-corrected chi connectivity index (χ1v) is 5.57. The number of nitrogens with zero attached hydrogens (tertiary/aromatic N) is 1. The Morgan fingerprint density at radius 3 is 2.94 bits per heavy atom. The summed E-state index contributed by atoms with van der Waals surface area (Å²) in [5.74, 6) is -0.0243. The average molecular weight is 233 g/mol. The second kappa shape index (κ2) is 4.96. The van der Waals surface area contributed by atoms with Crippen LogP contribution in [0, 0.1) is 17.1 Å². The molecule has 1 aromatic rings. The molecule has 1 aromatic carbocycles. The highest BCUT2D eigenvalue weighted by Gasteiger charge is 2.21. The van der Waals surface area contributed by atoms with E-state index in [1.807, 2.05) is 0 Å². The van der Waals surface area contributed by atoms with Gasteiger partial charge in [0.25, 0.3) is 0 Å². The SMILES string of the molecule is N#Cc1ccc(OC2CCCC(=O)C2)cc1F. The van der Waals surface area contributed by atoms with Crippen LogP contribution in [0.3, 0.4) is 0 Å². The number of carbonyl (C=O) groups excluding carboxylic acids is 1. The molecule has 0 amide bonds. The molecule has 0 aromatic heterocycles. The normalized spacial score (nSPS) is 19.8. The van der Waals surface area contributed by atoms with E-state index in [0.717, 1.165) is 12.8 Å². The third kappa shape index (κ3) is 2.82. The van der Waals surface area contributed by atoms with Gasteiger partial charge in [0.2, 0.25) is 0 Å². The van der Waals surface area contributed by atoms with E-state index in [1.54, 1.807) is 12.1 Å². The summed E-state index contributed by atoms with van der Waals surface area (Å²) < 4.78 is 18.8. The van der Waals surface area contributed by atoms with Gasteiger partial charge in [-0.25, -0.2) is 4.39 Å². The maximum absolute atomic E-state index is 13.3. The lowest BCUT2D eigenvalue weighted by atomic mass is 9.96. The highest BCUT2D eigenvalue weighted by Crippen LogP contribution is 2.23. The molecule has 1 aliphatic carbocycles. The van der Waals surface area contributed by atoms with Gasteiger partial charge in [-0.3, -0.25) is 4.79 Å². The van der Waals surface area contributed by atoms with Crippen LogP contribution in [0.5, 0.6) is 5.75 Å². The Hall–Kier alpha value is -1.89. The van der Waals surface area contributed by atoms with Gasteiger partial charge in [-0.2, -0.15) is 5.26 Å². The summed E-state index contributed by atoms with van der Waals surface area (Å²) in [6.07, 6.45) is 2.47. The van der Waals surface area contributed by atoms with Crippen LogP contribution in [0.1, 0.15) is 31.2 Å². The van der Waals surface area contributed by atoms with Crippen molar-refractivity contribution in [2.75, 3.05) is 0 Å². The first-order valence-electron chi connectivity index (χ1n) is 5.57. The average Bonchev–Trinajstić information content (AvgIpc) is 2.29. The van der Waals surface area contributed by atoms with Crippen molar-refractivity contribution in [3.63, 3.8) is 0 Å². The number of rotatable bonds is 2. The fourth-order valence-electron chi connectivity index (χ4n) is 1.94. The van der Waals surface area contributed by atoms with Gasteiger partial charge in [0.05, 0.1) is 5.56 Å². The maximum atomic E-state index is 13.3. The topological polar surface area (TPSA) is 50.1 Å². The standard InChI is InChI=1S/C13H12FNO2/c14-13-7-12(5-4-9(13)8-15)17-11-3-1-2-10(16)6-11/h4-5,7,11H,1-3,6H2. The van der Waals surface area contributed by atoms with Crippen LogP contribution in [-0.4, -0.2) is 11.9 Å². The van der Waals surface area contributed by atoms with Crippen molar-refractivity contribution in [3.05, 3.63) is 29.6 Å². The minimum atomic E-state index is -0.591. The number of halogens is 1. The van der Waals surface area contributed by atoms with E-state index in [1.165, 1.54) is 12.1 Å². The van der Waals surface area contributed by atoms with Crippen molar-refractivity contribution in [3.8, 4) is 11.8 Å². The van der Waals surface area contributed by atoms with Gasteiger partial charge in [-0.05, 0) is 25.0 Å². The highest BCUT2D eigenvalue weighted by molar-refractivity contribution is 5.79. The van der Waals surface area contributed by atoms with Gasteiger partial charge in [0.1, 0.15) is 29.5 Å². The summed E-state index contributed by atoms with van der Waals surface area (Å²) >= 11 is 0. The van der Waals surface area contributed by atoms with Crippen molar-refractivity contribution < 1.29 is 13.9 Å². The number of Topliss-reactive ketones (excluding diaryl/α,β-unsaturated/α-hetero) is 1. The molecular formula is C13H12FNO2. The minimum Gasteiger partial charge on any atom is -0.490 e. The van der Waals surface area contributed by atoms with Crippen molar-refractivity contribution >= 4 is 5.78 Å². The molecule has 0 aliphatic heterocycles. The Morgan fingerprint density at radius 1 is 1.47 bits per heavy atom. The molecule has 17 heavy (non-hydrogen) atoms. The smallest absolute Gasteiger partial charge is 0.144 e. The second-order valence-electron chi connectivity index (χ2n) is 4.13. The summed E-state index contributed by atoms with van der Waals surface area (Å²) in [5, 5.41) is 8.59. The number of carbonyl (C=O) groups is 1. The first-order chi connectivity index (χ1) is 8.19. The van der Waals surface area contributed by atoms with Crippen molar-refractivity contribution in [2.45, 2.75) is 31.8 Å². The molecule has 2 rings (SSSR count). The van der Waals surface area contributed by atoms with E-state index in [9.17, 15) is 9.18 Å². The molecule has 1 saturated carbocycles. The van der Waals surface area contributed by atoms with Gasteiger partial charge in [0.15, 0.2) is 0 Å². The second-order valence-corrected chi connectivity index (χ2v) is 4.13. The van der Waals surface area contributed by atoms with Crippen LogP contribution in [-0.2, 0) is 4.79 Å². The van der Waals surface area contributed by atoms with Gasteiger partial charge in [-0.1, -0.05) is 0 Å².